The Morgan fingerprint density at radius 3 is 2.14 bits per heavy atom. The van der Waals surface area contributed by atoms with Gasteiger partial charge in [0.05, 0.1) is 18.2 Å². The molecule has 2 saturated heterocycles. The van der Waals surface area contributed by atoms with E-state index in [2.05, 4.69) is 0 Å². The van der Waals surface area contributed by atoms with Crippen molar-refractivity contribution in [3.05, 3.63) is 64.7 Å². The van der Waals surface area contributed by atoms with Crippen LogP contribution >= 0.6 is 11.6 Å². The lowest BCUT2D eigenvalue weighted by Gasteiger charge is -2.40. The van der Waals surface area contributed by atoms with Gasteiger partial charge in [-0.25, -0.2) is 4.79 Å². The molecule has 0 saturated carbocycles. The van der Waals surface area contributed by atoms with E-state index < -0.39 is 41.9 Å². The number of piperazine rings is 1. The predicted molar refractivity (Wildman–Crippen MR) is 122 cm³/mol. The van der Waals surface area contributed by atoms with Crippen LogP contribution in [0.15, 0.2) is 48.5 Å². The summed E-state index contributed by atoms with van der Waals surface area (Å²) in [4.78, 5) is 29.4. The van der Waals surface area contributed by atoms with Crippen LogP contribution in [-0.2, 0) is 15.7 Å². The molecule has 2 fully saturated rings. The number of likely N-dealkylation sites (tertiary alicyclic amines) is 1. The molecule has 1 amide bonds. The number of benzene rings is 2. The number of esters is 1. The third kappa shape index (κ3) is 6.30. The summed E-state index contributed by atoms with van der Waals surface area (Å²) in [6, 6.07) is 10.2. The van der Waals surface area contributed by atoms with Crippen molar-refractivity contribution >= 4 is 29.2 Å². The fourth-order valence-electron chi connectivity index (χ4n) is 4.56. The van der Waals surface area contributed by atoms with Crippen LogP contribution < -0.4 is 4.90 Å². The van der Waals surface area contributed by atoms with Crippen molar-refractivity contribution < 1.29 is 40.7 Å². The summed E-state index contributed by atoms with van der Waals surface area (Å²) in [5, 5.41) is 0.409. The first kappa shape index (κ1) is 27.1. The fourth-order valence-corrected chi connectivity index (χ4v) is 4.69. The van der Waals surface area contributed by atoms with Gasteiger partial charge in [-0.3, -0.25) is 9.69 Å². The first-order chi connectivity index (χ1) is 17.3. The Kier molecular flexibility index (Phi) is 7.61. The smallest absolute Gasteiger partial charge is 0.452 e. The number of anilines is 1. The number of amides is 1. The number of hydrogen-bond donors (Lipinski definition) is 0. The molecular weight excluding hydrogens is 528 g/mol. The molecule has 0 spiro atoms. The Morgan fingerprint density at radius 1 is 0.892 bits per heavy atom. The second kappa shape index (κ2) is 10.4. The van der Waals surface area contributed by atoms with Gasteiger partial charge in [-0.2, -0.15) is 26.3 Å². The maximum atomic E-state index is 13.1. The number of carbonyl (C=O) groups is 2. The van der Waals surface area contributed by atoms with E-state index in [0.717, 1.165) is 12.1 Å². The summed E-state index contributed by atoms with van der Waals surface area (Å²) in [7, 11) is 0. The highest BCUT2D eigenvalue weighted by atomic mass is 35.5. The summed E-state index contributed by atoms with van der Waals surface area (Å²) in [5.41, 5.74) is -0.125. The van der Waals surface area contributed by atoms with Gasteiger partial charge in [0, 0.05) is 49.0 Å². The standard InChI is InChI=1S/C24H22ClF6N3O3/c25-17-6-4-15(5-7-17)21(35)34-13-19(20(14-34)37-22(36)24(29,30)31)33-10-8-32(9-11-33)18-3-1-2-16(12-18)23(26,27)28/h1-7,12,19-20H,8-11,13-14H2/t19-,20-/m0/s1. The number of carbonyl (C=O) groups excluding carboxylic acids is 2. The van der Waals surface area contributed by atoms with Gasteiger partial charge in [-0.15, -0.1) is 0 Å². The fraction of sp³-hybridized carbons (Fsp3) is 0.417. The third-order valence-electron chi connectivity index (χ3n) is 6.43. The van der Waals surface area contributed by atoms with Crippen LogP contribution in [0, 0.1) is 0 Å². The van der Waals surface area contributed by atoms with Gasteiger partial charge in [-0.05, 0) is 42.5 Å². The molecule has 0 aliphatic carbocycles. The van der Waals surface area contributed by atoms with Crippen LogP contribution in [0.25, 0.3) is 0 Å². The highest BCUT2D eigenvalue weighted by Gasteiger charge is 2.47. The second-order valence-electron chi connectivity index (χ2n) is 8.80. The Labute approximate surface area is 213 Å². The monoisotopic (exact) mass is 549 g/mol. The van der Waals surface area contributed by atoms with Crippen molar-refractivity contribution in [3.63, 3.8) is 0 Å². The maximum absolute atomic E-state index is 13.1. The molecule has 0 N–H and O–H groups in total. The van der Waals surface area contributed by atoms with Gasteiger partial charge in [0.2, 0.25) is 0 Å². The van der Waals surface area contributed by atoms with Gasteiger partial charge in [0.15, 0.2) is 0 Å². The highest BCUT2D eigenvalue weighted by Crippen LogP contribution is 2.32. The SMILES string of the molecule is O=C(c1ccc(Cl)cc1)N1C[C@H](OC(=O)C(F)(F)F)[C@@H](N2CCN(c3cccc(C(F)(F)F)c3)CC2)C1. The van der Waals surface area contributed by atoms with Crippen LogP contribution in [0.3, 0.4) is 0 Å². The highest BCUT2D eigenvalue weighted by molar-refractivity contribution is 6.30. The summed E-state index contributed by atoms with van der Waals surface area (Å²) in [6.45, 7) is 0.933. The minimum Gasteiger partial charge on any atom is -0.452 e. The average Bonchev–Trinajstić information content (AvgIpc) is 3.27. The van der Waals surface area contributed by atoms with Crippen molar-refractivity contribution in [3.8, 4) is 0 Å². The molecule has 6 nitrogen and oxygen atoms in total. The molecule has 0 unspecified atom stereocenters. The topological polar surface area (TPSA) is 53.1 Å². The van der Waals surface area contributed by atoms with Crippen molar-refractivity contribution in [1.82, 2.24) is 9.80 Å². The van der Waals surface area contributed by atoms with E-state index in [1.807, 2.05) is 0 Å². The van der Waals surface area contributed by atoms with Crippen molar-refractivity contribution in [2.24, 2.45) is 0 Å². The lowest BCUT2D eigenvalue weighted by atomic mass is 10.1. The molecule has 4 rings (SSSR count). The quantitative estimate of drug-likeness (QED) is 0.416. The van der Waals surface area contributed by atoms with Crippen LogP contribution in [0.4, 0.5) is 32.0 Å². The van der Waals surface area contributed by atoms with Crippen LogP contribution in [0.2, 0.25) is 5.02 Å². The van der Waals surface area contributed by atoms with Crippen LogP contribution in [-0.4, -0.2) is 79.3 Å². The van der Waals surface area contributed by atoms with E-state index in [1.165, 1.54) is 35.2 Å². The molecular formula is C24H22ClF6N3O3. The molecule has 2 aliphatic heterocycles. The maximum Gasteiger partial charge on any atom is 0.490 e. The van der Waals surface area contributed by atoms with E-state index in [0.29, 0.717) is 23.8 Å². The Balaban J connectivity index is 1.48. The van der Waals surface area contributed by atoms with E-state index in [4.69, 9.17) is 16.3 Å². The van der Waals surface area contributed by atoms with E-state index in [1.54, 1.807) is 15.9 Å². The first-order valence-electron chi connectivity index (χ1n) is 11.3. The molecule has 0 radical (unpaired) electrons. The van der Waals surface area contributed by atoms with Gasteiger partial charge in [-0.1, -0.05) is 17.7 Å². The first-order valence-corrected chi connectivity index (χ1v) is 11.7. The molecule has 0 aromatic heterocycles. The van der Waals surface area contributed by atoms with Gasteiger partial charge in [0.25, 0.3) is 5.91 Å². The van der Waals surface area contributed by atoms with Crippen LogP contribution in [0.5, 0.6) is 0 Å². The lowest BCUT2D eigenvalue weighted by Crippen LogP contribution is -2.54. The number of alkyl halides is 6. The summed E-state index contributed by atoms with van der Waals surface area (Å²) < 4.78 is 82.8. The van der Waals surface area contributed by atoms with Crippen molar-refractivity contribution in [2.75, 3.05) is 44.2 Å². The van der Waals surface area contributed by atoms with Gasteiger partial charge < -0.3 is 14.5 Å². The van der Waals surface area contributed by atoms with E-state index >= 15 is 0 Å². The zero-order chi connectivity index (χ0) is 27.0. The molecule has 200 valence electrons. The predicted octanol–water partition coefficient (Wildman–Crippen LogP) is 4.48. The Bertz CT molecular complexity index is 1130. The van der Waals surface area contributed by atoms with E-state index in [-0.39, 0.29) is 31.7 Å². The number of hydrogen-bond acceptors (Lipinski definition) is 5. The second-order valence-corrected chi connectivity index (χ2v) is 9.23. The van der Waals surface area contributed by atoms with Crippen LogP contribution in [0.1, 0.15) is 15.9 Å². The van der Waals surface area contributed by atoms with Gasteiger partial charge in [0.1, 0.15) is 6.10 Å². The molecule has 37 heavy (non-hydrogen) atoms. The summed E-state index contributed by atoms with van der Waals surface area (Å²) in [5.74, 6) is -2.79. The number of rotatable bonds is 4. The number of ether oxygens (including phenoxy) is 1. The zero-order valence-electron chi connectivity index (χ0n) is 19.2. The number of nitrogens with zero attached hydrogens (tertiary/aromatic N) is 3. The minimum atomic E-state index is -5.19. The van der Waals surface area contributed by atoms with Gasteiger partial charge >= 0.3 is 18.3 Å². The molecule has 13 heteroatoms. The van der Waals surface area contributed by atoms with Crippen molar-refractivity contribution in [1.29, 1.82) is 0 Å². The molecule has 2 aliphatic rings. The average molecular weight is 550 g/mol. The van der Waals surface area contributed by atoms with E-state index in [9.17, 15) is 35.9 Å². The Morgan fingerprint density at radius 2 is 1.54 bits per heavy atom. The third-order valence-corrected chi connectivity index (χ3v) is 6.68. The lowest BCUT2D eigenvalue weighted by molar-refractivity contribution is -0.206. The molecule has 2 aromatic carbocycles. The number of halogens is 7. The minimum absolute atomic E-state index is 0.0147. The Hall–Kier alpha value is -2.99. The normalized spacial score (nSPS) is 21.3. The summed E-state index contributed by atoms with van der Waals surface area (Å²) in [6.07, 6.45) is -10.9. The molecule has 2 atom stereocenters. The molecule has 2 aromatic rings. The molecule has 2 heterocycles. The van der Waals surface area contributed by atoms with Crippen molar-refractivity contribution in [2.45, 2.75) is 24.5 Å². The zero-order valence-corrected chi connectivity index (χ0v) is 20.0. The largest absolute Gasteiger partial charge is 0.490 e. The molecule has 0 bridgehead atoms. The summed E-state index contributed by atoms with van der Waals surface area (Å²) >= 11 is 5.86.